The van der Waals surface area contributed by atoms with Crippen molar-refractivity contribution in [1.82, 2.24) is 0 Å². The van der Waals surface area contributed by atoms with Crippen molar-refractivity contribution < 1.29 is 13.2 Å². The van der Waals surface area contributed by atoms with Crippen LogP contribution in [0.25, 0.3) is 0 Å². The Morgan fingerprint density at radius 2 is 1.54 bits per heavy atom. The van der Waals surface area contributed by atoms with E-state index in [-0.39, 0.29) is 10.8 Å². The number of amides is 1. The summed E-state index contributed by atoms with van der Waals surface area (Å²) in [5, 5.41) is 3.19. The molecule has 0 aliphatic heterocycles. The highest BCUT2D eigenvalue weighted by atomic mass is 35.5. The number of rotatable bonds is 5. The van der Waals surface area contributed by atoms with E-state index in [0.29, 0.717) is 22.0 Å². The molecule has 0 heterocycles. The highest BCUT2D eigenvalue weighted by molar-refractivity contribution is 7.92. The summed E-state index contributed by atoms with van der Waals surface area (Å²) in [6, 6.07) is 18.1. The average molecular weight is 415 g/mol. The summed E-state index contributed by atoms with van der Waals surface area (Å²) in [6.07, 6.45) is 0. The fraction of sp³-hybridized carbons (Fsp3) is 0.0952. The lowest BCUT2D eigenvalue weighted by Gasteiger charge is -2.12. The quantitative estimate of drug-likeness (QED) is 0.616. The first-order chi connectivity index (χ1) is 13.2. The van der Waals surface area contributed by atoms with Crippen molar-refractivity contribution >= 4 is 38.9 Å². The lowest BCUT2D eigenvalue weighted by molar-refractivity contribution is 0.102. The van der Waals surface area contributed by atoms with E-state index in [1.165, 1.54) is 12.1 Å². The Balaban J connectivity index is 1.75. The summed E-state index contributed by atoms with van der Waals surface area (Å²) in [4.78, 5) is 12.3. The molecule has 0 fully saturated rings. The van der Waals surface area contributed by atoms with Gasteiger partial charge in [-0.3, -0.25) is 9.52 Å². The molecule has 3 aromatic rings. The van der Waals surface area contributed by atoms with Crippen LogP contribution in [0.15, 0.2) is 71.6 Å². The SMILES string of the molecule is Cc1ccc(C(=O)Nc2ccc(S(=O)(=O)Nc3cc(Cl)ccc3C)cc2)cc1. The zero-order valence-electron chi connectivity index (χ0n) is 15.4. The van der Waals surface area contributed by atoms with E-state index in [2.05, 4.69) is 10.0 Å². The number of halogens is 1. The van der Waals surface area contributed by atoms with Crippen LogP contribution >= 0.6 is 11.6 Å². The van der Waals surface area contributed by atoms with Crippen molar-refractivity contribution in [2.75, 3.05) is 10.0 Å². The van der Waals surface area contributed by atoms with Crippen molar-refractivity contribution in [3.8, 4) is 0 Å². The summed E-state index contributed by atoms with van der Waals surface area (Å²) < 4.78 is 27.8. The molecule has 0 aliphatic carbocycles. The molecular weight excluding hydrogens is 396 g/mol. The third kappa shape index (κ3) is 4.71. The van der Waals surface area contributed by atoms with Crippen LogP contribution in [-0.2, 0) is 10.0 Å². The highest BCUT2D eigenvalue weighted by Crippen LogP contribution is 2.24. The van der Waals surface area contributed by atoms with E-state index < -0.39 is 10.0 Å². The van der Waals surface area contributed by atoms with Gasteiger partial charge in [0.05, 0.1) is 10.6 Å². The maximum Gasteiger partial charge on any atom is 0.261 e. The molecule has 0 aliphatic rings. The second-order valence-electron chi connectivity index (χ2n) is 6.41. The van der Waals surface area contributed by atoms with Crippen LogP contribution in [-0.4, -0.2) is 14.3 Å². The molecule has 0 saturated heterocycles. The summed E-state index contributed by atoms with van der Waals surface area (Å²) >= 11 is 5.95. The molecule has 144 valence electrons. The third-order valence-corrected chi connectivity index (χ3v) is 5.80. The zero-order chi connectivity index (χ0) is 20.3. The minimum atomic E-state index is -3.78. The first-order valence-electron chi connectivity index (χ1n) is 8.52. The molecule has 5 nitrogen and oxygen atoms in total. The predicted octanol–water partition coefficient (Wildman–Crippen LogP) is 5.01. The minimum Gasteiger partial charge on any atom is -0.322 e. The summed E-state index contributed by atoms with van der Waals surface area (Å²) in [6.45, 7) is 3.73. The molecule has 0 radical (unpaired) electrons. The van der Waals surface area contributed by atoms with Gasteiger partial charge in [0, 0.05) is 16.3 Å². The Hall–Kier alpha value is -2.83. The highest BCUT2D eigenvalue weighted by Gasteiger charge is 2.16. The summed E-state index contributed by atoms with van der Waals surface area (Å²) in [5.74, 6) is -0.261. The van der Waals surface area contributed by atoms with Gasteiger partial charge >= 0.3 is 0 Å². The molecule has 28 heavy (non-hydrogen) atoms. The Kier molecular flexibility index (Phi) is 5.72. The van der Waals surface area contributed by atoms with E-state index in [9.17, 15) is 13.2 Å². The van der Waals surface area contributed by atoms with E-state index in [1.807, 2.05) is 19.1 Å². The predicted molar refractivity (Wildman–Crippen MR) is 113 cm³/mol. The zero-order valence-corrected chi connectivity index (χ0v) is 16.9. The fourth-order valence-electron chi connectivity index (χ4n) is 2.53. The van der Waals surface area contributed by atoms with Gasteiger partial charge in [0.25, 0.3) is 15.9 Å². The molecule has 0 spiro atoms. The van der Waals surface area contributed by atoms with Crippen LogP contribution < -0.4 is 10.0 Å². The van der Waals surface area contributed by atoms with Crippen LogP contribution in [0, 0.1) is 13.8 Å². The van der Waals surface area contributed by atoms with Gasteiger partial charge < -0.3 is 5.32 Å². The number of anilines is 2. The second kappa shape index (κ2) is 8.04. The van der Waals surface area contributed by atoms with Crippen LogP contribution in [0.1, 0.15) is 21.5 Å². The number of hydrogen-bond acceptors (Lipinski definition) is 3. The molecule has 3 rings (SSSR count). The van der Waals surface area contributed by atoms with Gasteiger partial charge in [0.15, 0.2) is 0 Å². The van der Waals surface area contributed by atoms with Crippen molar-refractivity contribution in [2.45, 2.75) is 18.7 Å². The topological polar surface area (TPSA) is 75.3 Å². The molecule has 1 amide bonds. The molecule has 0 aromatic heterocycles. The maximum absolute atomic E-state index is 12.6. The molecule has 0 unspecified atom stereocenters. The Morgan fingerprint density at radius 3 is 2.18 bits per heavy atom. The molecule has 0 bridgehead atoms. The smallest absolute Gasteiger partial charge is 0.261 e. The molecule has 0 atom stereocenters. The van der Waals surface area contributed by atoms with Crippen molar-refractivity contribution in [3.63, 3.8) is 0 Å². The van der Waals surface area contributed by atoms with Gasteiger partial charge in [-0.1, -0.05) is 35.4 Å². The fourth-order valence-corrected chi connectivity index (χ4v) is 3.83. The van der Waals surface area contributed by atoms with E-state index >= 15 is 0 Å². The van der Waals surface area contributed by atoms with E-state index in [0.717, 1.165) is 11.1 Å². The van der Waals surface area contributed by atoms with Crippen molar-refractivity contribution in [3.05, 3.63) is 88.4 Å². The Labute approximate surface area is 169 Å². The lowest BCUT2D eigenvalue weighted by Crippen LogP contribution is -2.14. The van der Waals surface area contributed by atoms with Crippen molar-refractivity contribution in [2.24, 2.45) is 0 Å². The monoisotopic (exact) mass is 414 g/mol. The van der Waals surface area contributed by atoms with Crippen LogP contribution in [0.2, 0.25) is 5.02 Å². The molecular formula is C21H19ClN2O3S. The standard InChI is InChI=1S/C21H19ClN2O3S/c1-14-3-6-16(7-4-14)21(25)23-18-9-11-19(12-10-18)28(26,27)24-20-13-17(22)8-5-15(20)2/h3-13,24H,1-2H3,(H,23,25). The molecule has 2 N–H and O–H groups in total. The number of nitrogens with one attached hydrogen (secondary N) is 2. The first kappa shape index (κ1) is 19.9. The van der Waals surface area contributed by atoms with Crippen LogP contribution in [0.4, 0.5) is 11.4 Å². The van der Waals surface area contributed by atoms with E-state index in [4.69, 9.17) is 11.6 Å². The second-order valence-corrected chi connectivity index (χ2v) is 8.53. The van der Waals surface area contributed by atoms with Gasteiger partial charge in [-0.25, -0.2) is 8.42 Å². The molecule has 0 saturated carbocycles. The maximum atomic E-state index is 12.6. The normalized spacial score (nSPS) is 11.1. The Morgan fingerprint density at radius 1 is 0.893 bits per heavy atom. The number of carbonyl (C=O) groups excluding carboxylic acids is 1. The van der Waals surface area contributed by atoms with Gasteiger partial charge in [-0.05, 0) is 67.9 Å². The number of benzene rings is 3. The number of hydrogen-bond donors (Lipinski definition) is 2. The van der Waals surface area contributed by atoms with Gasteiger partial charge in [-0.15, -0.1) is 0 Å². The van der Waals surface area contributed by atoms with Crippen molar-refractivity contribution in [1.29, 1.82) is 0 Å². The molecule has 7 heteroatoms. The largest absolute Gasteiger partial charge is 0.322 e. The average Bonchev–Trinajstić information content (AvgIpc) is 2.65. The summed E-state index contributed by atoms with van der Waals surface area (Å²) in [7, 11) is -3.78. The molecule has 3 aromatic carbocycles. The number of carbonyl (C=O) groups is 1. The first-order valence-corrected chi connectivity index (χ1v) is 10.4. The number of aryl methyl sites for hydroxylation is 2. The number of sulfonamides is 1. The third-order valence-electron chi connectivity index (χ3n) is 4.18. The van der Waals surface area contributed by atoms with Gasteiger partial charge in [0.2, 0.25) is 0 Å². The van der Waals surface area contributed by atoms with Crippen LogP contribution in [0.5, 0.6) is 0 Å². The summed E-state index contributed by atoms with van der Waals surface area (Å²) in [5.41, 5.74) is 3.27. The Bertz CT molecular complexity index is 1110. The van der Waals surface area contributed by atoms with Crippen LogP contribution in [0.3, 0.4) is 0 Å². The van der Waals surface area contributed by atoms with Gasteiger partial charge in [-0.2, -0.15) is 0 Å². The van der Waals surface area contributed by atoms with E-state index in [1.54, 1.807) is 49.4 Å². The lowest BCUT2D eigenvalue weighted by atomic mass is 10.1. The van der Waals surface area contributed by atoms with Gasteiger partial charge in [0.1, 0.15) is 0 Å². The minimum absolute atomic E-state index is 0.0835.